The first kappa shape index (κ1) is 24.8. The number of rotatable bonds is 6. The average Bonchev–Trinajstić information content (AvgIpc) is 3.54. The number of halogens is 1. The van der Waals surface area contributed by atoms with Crippen LogP contribution in [0.5, 0.6) is 0 Å². The highest BCUT2D eigenvalue weighted by molar-refractivity contribution is 14.0. The number of thiophene rings is 1. The largest absolute Gasteiger partial charge is 0.356 e. The van der Waals surface area contributed by atoms with Crippen molar-refractivity contribution in [2.75, 3.05) is 39.8 Å². The van der Waals surface area contributed by atoms with Crippen molar-refractivity contribution >= 4 is 47.2 Å². The zero-order chi connectivity index (χ0) is 20.8. The fraction of sp³-hybridized carbons (Fsp3) is 0.739. The Kier molecular flexibility index (Phi) is 9.90. The standard InChI is InChI=1S/C23H37N5OS.HI/c1-24-23(26-20-10-12-28(16-20)22(29)19-7-2-3-8-19)25-14-18-6-4-11-27(15-18)17-21-9-5-13-30-21;/h5,9,13,18-20H,2-4,6-8,10-12,14-17H2,1H3,(H2,24,25,26);1H. The van der Waals surface area contributed by atoms with Gasteiger partial charge in [0, 0.05) is 56.6 Å². The van der Waals surface area contributed by atoms with Gasteiger partial charge in [0.15, 0.2) is 5.96 Å². The van der Waals surface area contributed by atoms with Gasteiger partial charge in [-0.3, -0.25) is 14.7 Å². The lowest BCUT2D eigenvalue weighted by Crippen LogP contribution is -2.48. The van der Waals surface area contributed by atoms with Crippen LogP contribution in [0.15, 0.2) is 22.5 Å². The number of aliphatic imine (C=N–C) groups is 1. The van der Waals surface area contributed by atoms with E-state index in [2.05, 4.69) is 42.9 Å². The minimum absolute atomic E-state index is 0. The molecule has 8 heteroatoms. The molecule has 1 amide bonds. The maximum Gasteiger partial charge on any atom is 0.225 e. The second-order valence-corrected chi connectivity index (χ2v) is 10.2. The Balaban J connectivity index is 0.00000272. The summed E-state index contributed by atoms with van der Waals surface area (Å²) in [4.78, 5) is 23.2. The molecule has 3 fully saturated rings. The van der Waals surface area contributed by atoms with Crippen molar-refractivity contribution in [2.45, 2.75) is 57.5 Å². The molecule has 1 aromatic rings. The summed E-state index contributed by atoms with van der Waals surface area (Å²) in [6.07, 6.45) is 8.16. The van der Waals surface area contributed by atoms with E-state index in [0.29, 0.717) is 17.9 Å². The van der Waals surface area contributed by atoms with Gasteiger partial charge in [0.2, 0.25) is 5.91 Å². The normalized spacial score (nSPS) is 25.5. The fourth-order valence-corrected chi connectivity index (χ4v) is 5.97. The van der Waals surface area contributed by atoms with Crippen molar-refractivity contribution in [1.82, 2.24) is 20.4 Å². The van der Waals surface area contributed by atoms with E-state index in [4.69, 9.17) is 0 Å². The van der Waals surface area contributed by atoms with Gasteiger partial charge in [0.25, 0.3) is 0 Å². The van der Waals surface area contributed by atoms with E-state index in [-0.39, 0.29) is 29.9 Å². The van der Waals surface area contributed by atoms with Gasteiger partial charge in [-0.1, -0.05) is 18.9 Å². The third kappa shape index (κ3) is 7.05. The maximum atomic E-state index is 12.7. The Hall–Kier alpha value is -0.870. The molecule has 4 rings (SSSR count). The van der Waals surface area contributed by atoms with E-state index in [9.17, 15) is 4.79 Å². The van der Waals surface area contributed by atoms with Crippen LogP contribution in [0, 0.1) is 11.8 Å². The summed E-state index contributed by atoms with van der Waals surface area (Å²) in [7, 11) is 1.84. The molecule has 1 aliphatic carbocycles. The van der Waals surface area contributed by atoms with Crippen molar-refractivity contribution in [3.8, 4) is 0 Å². The van der Waals surface area contributed by atoms with E-state index in [1.165, 1.54) is 37.1 Å². The summed E-state index contributed by atoms with van der Waals surface area (Å²) >= 11 is 1.85. The number of nitrogens with one attached hydrogen (secondary N) is 2. The number of likely N-dealkylation sites (tertiary alicyclic amines) is 2. The van der Waals surface area contributed by atoms with Crippen LogP contribution < -0.4 is 10.6 Å². The minimum Gasteiger partial charge on any atom is -0.356 e. The molecule has 2 aliphatic heterocycles. The number of amides is 1. The molecule has 6 nitrogen and oxygen atoms in total. The van der Waals surface area contributed by atoms with Crippen molar-refractivity contribution in [3.05, 3.63) is 22.4 Å². The molecular formula is C23H38IN5OS. The Morgan fingerprint density at radius 1 is 1.16 bits per heavy atom. The molecule has 31 heavy (non-hydrogen) atoms. The highest BCUT2D eigenvalue weighted by Gasteiger charge is 2.32. The molecule has 0 radical (unpaired) electrons. The van der Waals surface area contributed by atoms with Crippen molar-refractivity contribution < 1.29 is 4.79 Å². The van der Waals surface area contributed by atoms with Crippen LogP contribution in [-0.2, 0) is 11.3 Å². The predicted molar refractivity (Wildman–Crippen MR) is 139 cm³/mol. The first-order valence-electron chi connectivity index (χ1n) is 11.7. The molecule has 2 N–H and O–H groups in total. The van der Waals surface area contributed by atoms with Crippen molar-refractivity contribution in [3.63, 3.8) is 0 Å². The number of hydrogen-bond acceptors (Lipinski definition) is 4. The molecule has 1 aromatic heterocycles. The lowest BCUT2D eigenvalue weighted by Gasteiger charge is -2.33. The van der Waals surface area contributed by atoms with E-state index in [0.717, 1.165) is 57.9 Å². The number of guanidine groups is 1. The summed E-state index contributed by atoms with van der Waals surface area (Å²) in [5.41, 5.74) is 0. The van der Waals surface area contributed by atoms with Gasteiger partial charge in [-0.25, -0.2) is 0 Å². The number of nitrogens with zero attached hydrogens (tertiary/aromatic N) is 3. The minimum atomic E-state index is 0. The predicted octanol–water partition coefficient (Wildman–Crippen LogP) is 3.53. The smallest absolute Gasteiger partial charge is 0.225 e. The van der Waals surface area contributed by atoms with E-state index in [1.54, 1.807) is 0 Å². The van der Waals surface area contributed by atoms with Crippen LogP contribution in [0.1, 0.15) is 49.8 Å². The zero-order valence-electron chi connectivity index (χ0n) is 18.7. The third-order valence-electron chi connectivity index (χ3n) is 6.89. The lowest BCUT2D eigenvalue weighted by molar-refractivity contribution is -0.134. The number of carbonyl (C=O) groups excluding carboxylic acids is 1. The Morgan fingerprint density at radius 3 is 2.74 bits per heavy atom. The van der Waals surface area contributed by atoms with Gasteiger partial charge in [-0.05, 0) is 56.0 Å². The Labute approximate surface area is 208 Å². The van der Waals surface area contributed by atoms with E-state index in [1.807, 2.05) is 18.4 Å². The van der Waals surface area contributed by atoms with Crippen LogP contribution in [-0.4, -0.2) is 67.5 Å². The molecule has 2 saturated heterocycles. The highest BCUT2D eigenvalue weighted by Crippen LogP contribution is 2.28. The molecule has 1 saturated carbocycles. The number of piperidine rings is 1. The fourth-order valence-electron chi connectivity index (χ4n) is 5.22. The van der Waals surface area contributed by atoms with E-state index < -0.39 is 0 Å². The summed E-state index contributed by atoms with van der Waals surface area (Å²) in [6.45, 7) is 6.08. The third-order valence-corrected chi connectivity index (χ3v) is 7.75. The summed E-state index contributed by atoms with van der Waals surface area (Å²) in [5.74, 6) is 2.20. The zero-order valence-corrected chi connectivity index (χ0v) is 21.9. The first-order valence-corrected chi connectivity index (χ1v) is 12.6. The quantitative estimate of drug-likeness (QED) is 0.318. The van der Waals surface area contributed by atoms with Crippen LogP contribution in [0.25, 0.3) is 0 Å². The second-order valence-electron chi connectivity index (χ2n) is 9.17. The average molecular weight is 560 g/mol. The summed E-state index contributed by atoms with van der Waals surface area (Å²) in [6, 6.07) is 4.69. The SMILES string of the molecule is CN=C(NCC1CCCN(Cc2cccs2)C1)NC1CCN(C(=O)C2CCCC2)C1.I. The number of hydrogen-bond donors (Lipinski definition) is 2. The molecule has 2 atom stereocenters. The Bertz CT molecular complexity index is 707. The first-order chi connectivity index (χ1) is 14.7. The number of carbonyl (C=O) groups is 1. The van der Waals surface area contributed by atoms with Crippen molar-refractivity contribution in [1.29, 1.82) is 0 Å². The molecule has 0 bridgehead atoms. The summed E-state index contributed by atoms with van der Waals surface area (Å²) < 4.78 is 0. The molecule has 174 valence electrons. The molecular weight excluding hydrogens is 521 g/mol. The van der Waals surface area contributed by atoms with Crippen molar-refractivity contribution in [2.24, 2.45) is 16.8 Å². The van der Waals surface area contributed by atoms with Crippen LogP contribution in [0.3, 0.4) is 0 Å². The second kappa shape index (κ2) is 12.4. The molecule has 3 aliphatic rings. The van der Waals surface area contributed by atoms with Gasteiger partial charge < -0.3 is 15.5 Å². The van der Waals surface area contributed by atoms with Crippen LogP contribution in [0.4, 0.5) is 0 Å². The topological polar surface area (TPSA) is 60.0 Å². The van der Waals surface area contributed by atoms with Gasteiger partial charge in [-0.2, -0.15) is 0 Å². The maximum absolute atomic E-state index is 12.7. The van der Waals surface area contributed by atoms with Gasteiger partial charge >= 0.3 is 0 Å². The lowest BCUT2D eigenvalue weighted by atomic mass is 9.98. The monoisotopic (exact) mass is 559 g/mol. The van der Waals surface area contributed by atoms with E-state index >= 15 is 0 Å². The van der Waals surface area contributed by atoms with Gasteiger partial charge in [0.1, 0.15) is 0 Å². The van der Waals surface area contributed by atoms with Gasteiger partial charge in [-0.15, -0.1) is 35.3 Å². The van der Waals surface area contributed by atoms with Gasteiger partial charge in [0.05, 0.1) is 0 Å². The molecule has 0 spiro atoms. The van der Waals surface area contributed by atoms with Crippen LogP contribution in [0.2, 0.25) is 0 Å². The highest BCUT2D eigenvalue weighted by atomic mass is 127. The van der Waals surface area contributed by atoms with Crippen LogP contribution >= 0.6 is 35.3 Å². The Morgan fingerprint density at radius 2 is 2.00 bits per heavy atom. The molecule has 0 aromatic carbocycles. The molecule has 2 unspecified atom stereocenters. The summed E-state index contributed by atoms with van der Waals surface area (Å²) in [5, 5.41) is 9.28. The molecule has 3 heterocycles.